The molecule has 30 heavy (non-hydrogen) atoms. The van der Waals surface area contributed by atoms with E-state index in [0.717, 1.165) is 4.47 Å². The molecule has 0 fully saturated rings. The minimum atomic E-state index is -0.267. The van der Waals surface area contributed by atoms with E-state index in [1.165, 1.54) is 0 Å². The van der Waals surface area contributed by atoms with Gasteiger partial charge in [0.25, 0.3) is 11.8 Å². The number of halogens is 1. The lowest BCUT2D eigenvalue weighted by Crippen LogP contribution is -2.15. The third-order valence-electron chi connectivity index (χ3n) is 4.20. The molecule has 5 nitrogen and oxygen atoms in total. The van der Waals surface area contributed by atoms with Gasteiger partial charge >= 0.3 is 0 Å². The fraction of sp³-hybridized carbons (Fsp3) is 0.167. The van der Waals surface area contributed by atoms with E-state index >= 15 is 0 Å². The van der Waals surface area contributed by atoms with Crippen LogP contribution in [0.15, 0.2) is 77.3 Å². The van der Waals surface area contributed by atoms with E-state index in [2.05, 4.69) is 40.4 Å². The SMILES string of the molecule is CC(C)COc1ccc(Br)cc1C(=O)Nc1ccc(NC(=O)c2ccccc2)cc1. The molecule has 2 N–H and O–H groups in total. The standard InChI is InChI=1S/C24H23BrN2O3/c1-16(2)15-30-22-13-8-18(25)14-21(22)24(29)27-20-11-9-19(10-12-20)26-23(28)17-6-4-3-5-7-17/h3-14,16H,15H2,1-2H3,(H,26,28)(H,27,29). The number of benzene rings is 3. The van der Waals surface area contributed by atoms with E-state index in [1.807, 2.05) is 24.3 Å². The Kier molecular flexibility index (Phi) is 7.25. The smallest absolute Gasteiger partial charge is 0.259 e. The molecule has 3 aromatic rings. The average molecular weight is 467 g/mol. The van der Waals surface area contributed by atoms with Gasteiger partial charge < -0.3 is 15.4 Å². The van der Waals surface area contributed by atoms with Crippen molar-refractivity contribution in [3.05, 3.63) is 88.4 Å². The highest BCUT2D eigenvalue weighted by Gasteiger charge is 2.14. The molecular formula is C24H23BrN2O3. The number of ether oxygens (including phenoxy) is 1. The van der Waals surface area contributed by atoms with Crippen molar-refractivity contribution in [2.75, 3.05) is 17.2 Å². The van der Waals surface area contributed by atoms with Crippen molar-refractivity contribution in [1.29, 1.82) is 0 Å². The Morgan fingerprint density at radius 3 is 2.07 bits per heavy atom. The third kappa shape index (κ3) is 5.94. The maximum atomic E-state index is 12.8. The van der Waals surface area contributed by atoms with Crippen LogP contribution in [0, 0.1) is 5.92 Å². The Morgan fingerprint density at radius 1 is 0.867 bits per heavy atom. The molecule has 0 unspecified atom stereocenters. The lowest BCUT2D eigenvalue weighted by Gasteiger charge is -2.14. The number of anilines is 2. The molecule has 6 heteroatoms. The summed E-state index contributed by atoms with van der Waals surface area (Å²) in [5.41, 5.74) is 2.29. The first-order chi connectivity index (χ1) is 14.4. The van der Waals surface area contributed by atoms with Gasteiger partial charge in [-0.05, 0) is 60.5 Å². The number of rotatable bonds is 7. The molecule has 0 radical (unpaired) electrons. The molecule has 3 rings (SSSR count). The number of hydrogen-bond acceptors (Lipinski definition) is 3. The lowest BCUT2D eigenvalue weighted by molar-refractivity contribution is 0.101. The summed E-state index contributed by atoms with van der Waals surface area (Å²) in [5, 5.41) is 5.71. The van der Waals surface area contributed by atoms with E-state index in [-0.39, 0.29) is 11.8 Å². The van der Waals surface area contributed by atoms with Gasteiger partial charge in [-0.25, -0.2) is 0 Å². The van der Waals surface area contributed by atoms with Crippen molar-refractivity contribution in [3.8, 4) is 5.75 Å². The monoisotopic (exact) mass is 466 g/mol. The third-order valence-corrected chi connectivity index (χ3v) is 4.69. The van der Waals surface area contributed by atoms with Crippen molar-refractivity contribution in [2.24, 2.45) is 5.92 Å². The average Bonchev–Trinajstić information content (AvgIpc) is 2.74. The van der Waals surface area contributed by atoms with Crippen LogP contribution in [-0.4, -0.2) is 18.4 Å². The molecule has 0 saturated heterocycles. The fourth-order valence-electron chi connectivity index (χ4n) is 2.69. The van der Waals surface area contributed by atoms with Crippen LogP contribution in [0.4, 0.5) is 11.4 Å². The van der Waals surface area contributed by atoms with Gasteiger partial charge in [-0.15, -0.1) is 0 Å². The first kappa shape index (κ1) is 21.6. The summed E-state index contributed by atoms with van der Waals surface area (Å²) in [7, 11) is 0. The van der Waals surface area contributed by atoms with E-state index in [1.54, 1.807) is 48.5 Å². The quantitative estimate of drug-likeness (QED) is 0.449. The zero-order chi connectivity index (χ0) is 21.5. The van der Waals surface area contributed by atoms with Crippen LogP contribution in [0.1, 0.15) is 34.6 Å². The minimum Gasteiger partial charge on any atom is -0.492 e. The second kappa shape index (κ2) is 10.1. The topological polar surface area (TPSA) is 67.4 Å². The van der Waals surface area contributed by atoms with Crippen molar-refractivity contribution < 1.29 is 14.3 Å². The van der Waals surface area contributed by atoms with Gasteiger partial charge in [0.05, 0.1) is 12.2 Å². The van der Waals surface area contributed by atoms with Crippen molar-refractivity contribution in [1.82, 2.24) is 0 Å². The molecule has 0 spiro atoms. The highest BCUT2D eigenvalue weighted by atomic mass is 79.9. The van der Waals surface area contributed by atoms with Gasteiger partial charge in [-0.3, -0.25) is 9.59 Å². The summed E-state index contributed by atoms with van der Waals surface area (Å²) in [5.74, 6) is 0.434. The van der Waals surface area contributed by atoms with Crippen LogP contribution in [0.25, 0.3) is 0 Å². The van der Waals surface area contributed by atoms with Crippen LogP contribution in [0.5, 0.6) is 5.75 Å². The second-order valence-corrected chi connectivity index (χ2v) is 8.11. The van der Waals surface area contributed by atoms with Gasteiger partial charge in [0.15, 0.2) is 0 Å². The highest BCUT2D eigenvalue weighted by molar-refractivity contribution is 9.10. The Morgan fingerprint density at radius 2 is 1.47 bits per heavy atom. The molecule has 0 bridgehead atoms. The van der Waals surface area contributed by atoms with Crippen LogP contribution >= 0.6 is 15.9 Å². The van der Waals surface area contributed by atoms with Crippen LogP contribution in [-0.2, 0) is 0 Å². The minimum absolute atomic E-state index is 0.187. The highest BCUT2D eigenvalue weighted by Crippen LogP contribution is 2.25. The summed E-state index contributed by atoms with van der Waals surface area (Å²) in [6.45, 7) is 4.63. The van der Waals surface area contributed by atoms with E-state index in [0.29, 0.717) is 40.8 Å². The van der Waals surface area contributed by atoms with Crippen molar-refractivity contribution >= 4 is 39.1 Å². The van der Waals surface area contributed by atoms with Gasteiger partial charge in [0.2, 0.25) is 0 Å². The first-order valence-electron chi connectivity index (χ1n) is 9.62. The van der Waals surface area contributed by atoms with Crippen LogP contribution in [0.3, 0.4) is 0 Å². The predicted molar refractivity (Wildman–Crippen MR) is 123 cm³/mol. The molecule has 0 saturated carbocycles. The van der Waals surface area contributed by atoms with E-state index in [4.69, 9.17) is 4.74 Å². The molecule has 154 valence electrons. The van der Waals surface area contributed by atoms with Gasteiger partial charge in [-0.2, -0.15) is 0 Å². The molecule has 0 atom stereocenters. The number of hydrogen-bond donors (Lipinski definition) is 2. The largest absolute Gasteiger partial charge is 0.492 e. The van der Waals surface area contributed by atoms with Crippen molar-refractivity contribution in [3.63, 3.8) is 0 Å². The van der Waals surface area contributed by atoms with Crippen LogP contribution < -0.4 is 15.4 Å². The van der Waals surface area contributed by atoms with Gasteiger partial charge in [0, 0.05) is 21.4 Å². The number of amides is 2. The molecule has 0 heterocycles. The molecule has 0 aliphatic rings. The Labute approximate surface area is 184 Å². The molecule has 0 aliphatic carbocycles. The van der Waals surface area contributed by atoms with Crippen LogP contribution in [0.2, 0.25) is 0 Å². The zero-order valence-corrected chi connectivity index (χ0v) is 18.4. The predicted octanol–water partition coefficient (Wildman–Crippen LogP) is 5.99. The fourth-order valence-corrected chi connectivity index (χ4v) is 3.05. The second-order valence-electron chi connectivity index (χ2n) is 7.20. The molecule has 0 aromatic heterocycles. The Balaban J connectivity index is 1.67. The molecule has 0 aliphatic heterocycles. The number of carbonyl (C=O) groups excluding carboxylic acids is 2. The normalized spacial score (nSPS) is 10.5. The van der Waals surface area contributed by atoms with Gasteiger partial charge in [0.1, 0.15) is 5.75 Å². The maximum absolute atomic E-state index is 12.8. The summed E-state index contributed by atoms with van der Waals surface area (Å²) in [4.78, 5) is 25.0. The number of nitrogens with one attached hydrogen (secondary N) is 2. The summed E-state index contributed by atoms with van der Waals surface area (Å²) >= 11 is 3.41. The van der Waals surface area contributed by atoms with Gasteiger partial charge in [-0.1, -0.05) is 48.0 Å². The van der Waals surface area contributed by atoms with Crippen molar-refractivity contribution in [2.45, 2.75) is 13.8 Å². The Bertz CT molecular complexity index is 1020. The zero-order valence-electron chi connectivity index (χ0n) is 16.8. The number of carbonyl (C=O) groups is 2. The molecule has 3 aromatic carbocycles. The first-order valence-corrected chi connectivity index (χ1v) is 10.4. The summed E-state index contributed by atoms with van der Waals surface area (Å²) < 4.78 is 6.58. The summed E-state index contributed by atoms with van der Waals surface area (Å²) in [6.07, 6.45) is 0. The maximum Gasteiger partial charge on any atom is 0.259 e. The lowest BCUT2D eigenvalue weighted by atomic mass is 10.1. The summed E-state index contributed by atoms with van der Waals surface area (Å²) in [6, 6.07) is 21.3. The van der Waals surface area contributed by atoms with E-state index < -0.39 is 0 Å². The van der Waals surface area contributed by atoms with E-state index in [9.17, 15) is 9.59 Å². The Hall–Kier alpha value is -3.12. The molecular weight excluding hydrogens is 444 g/mol. The molecule has 2 amide bonds.